The summed E-state index contributed by atoms with van der Waals surface area (Å²) in [7, 11) is 2.35. The van der Waals surface area contributed by atoms with Gasteiger partial charge in [-0.1, -0.05) is 0 Å². The van der Waals surface area contributed by atoms with Crippen LogP contribution in [0, 0.1) is 10.1 Å². The summed E-state index contributed by atoms with van der Waals surface area (Å²) in [6.45, 7) is 0. The average molecular weight is 404 g/mol. The molecule has 0 unspecified atom stereocenters. The van der Waals surface area contributed by atoms with Gasteiger partial charge in [-0.05, 0) is 36.6 Å². The molecule has 9 nitrogen and oxygen atoms in total. The van der Waals surface area contributed by atoms with E-state index in [4.69, 9.17) is 0 Å². The number of esters is 2. The fourth-order valence-electron chi connectivity index (χ4n) is 2.35. The first-order valence-electron chi connectivity index (χ1n) is 7.76. The number of carbonyl (C=O) groups excluding carboxylic acids is 3. The number of nitro benzene ring substituents is 1. The van der Waals surface area contributed by atoms with Crippen LogP contribution >= 0.6 is 11.8 Å². The molecule has 0 radical (unpaired) electrons. The topological polar surface area (TPSA) is 125 Å². The van der Waals surface area contributed by atoms with Crippen LogP contribution in [-0.2, 0) is 9.47 Å². The minimum Gasteiger partial charge on any atom is -0.465 e. The predicted octanol–water partition coefficient (Wildman–Crippen LogP) is 3.14. The molecule has 1 amide bonds. The second-order valence-corrected chi connectivity index (χ2v) is 6.22. The number of anilines is 1. The van der Waals surface area contributed by atoms with Crippen LogP contribution in [0.2, 0.25) is 0 Å². The van der Waals surface area contributed by atoms with Crippen LogP contribution in [0.4, 0.5) is 11.4 Å². The molecule has 0 fully saturated rings. The van der Waals surface area contributed by atoms with Crippen LogP contribution < -0.4 is 5.32 Å². The van der Waals surface area contributed by atoms with Gasteiger partial charge in [0.1, 0.15) is 5.56 Å². The Morgan fingerprint density at radius 2 is 1.68 bits per heavy atom. The summed E-state index contributed by atoms with van der Waals surface area (Å²) in [6.07, 6.45) is 1.76. The molecule has 28 heavy (non-hydrogen) atoms. The molecule has 2 rings (SSSR count). The summed E-state index contributed by atoms with van der Waals surface area (Å²) in [4.78, 5) is 47.7. The number of carbonyl (C=O) groups is 3. The van der Waals surface area contributed by atoms with Gasteiger partial charge in [0.2, 0.25) is 0 Å². The predicted molar refractivity (Wildman–Crippen MR) is 102 cm³/mol. The van der Waals surface area contributed by atoms with Gasteiger partial charge in [0, 0.05) is 11.0 Å². The lowest BCUT2D eigenvalue weighted by molar-refractivity contribution is -0.385. The van der Waals surface area contributed by atoms with Gasteiger partial charge in [-0.3, -0.25) is 14.9 Å². The van der Waals surface area contributed by atoms with Crippen LogP contribution in [0.3, 0.4) is 0 Å². The smallest absolute Gasteiger partial charge is 0.339 e. The van der Waals surface area contributed by atoms with Crippen LogP contribution in [-0.4, -0.2) is 43.2 Å². The second kappa shape index (κ2) is 9.00. The quantitative estimate of drug-likeness (QED) is 0.337. The highest BCUT2D eigenvalue weighted by Gasteiger charge is 2.23. The van der Waals surface area contributed by atoms with E-state index in [1.54, 1.807) is 6.26 Å². The van der Waals surface area contributed by atoms with Crippen LogP contribution in [0.25, 0.3) is 0 Å². The molecule has 0 heterocycles. The molecule has 0 aromatic heterocycles. The number of amides is 1. The number of thioether (sulfide) groups is 1. The van der Waals surface area contributed by atoms with Crippen molar-refractivity contribution in [2.75, 3.05) is 25.8 Å². The molecule has 0 bridgehead atoms. The third-order valence-electron chi connectivity index (χ3n) is 3.74. The lowest BCUT2D eigenvalue weighted by Gasteiger charge is -2.12. The van der Waals surface area contributed by atoms with E-state index in [0.717, 1.165) is 7.11 Å². The Hall–Kier alpha value is -3.40. The van der Waals surface area contributed by atoms with Crippen molar-refractivity contribution in [1.82, 2.24) is 0 Å². The van der Waals surface area contributed by atoms with Crippen molar-refractivity contribution in [2.45, 2.75) is 4.90 Å². The van der Waals surface area contributed by atoms with Crippen molar-refractivity contribution >= 4 is 41.0 Å². The third-order valence-corrected chi connectivity index (χ3v) is 4.46. The number of hydrogen-bond donors (Lipinski definition) is 1. The summed E-state index contributed by atoms with van der Waals surface area (Å²) in [5, 5.41) is 13.7. The van der Waals surface area contributed by atoms with E-state index in [2.05, 4.69) is 14.8 Å². The molecule has 0 aliphatic carbocycles. The average Bonchev–Trinajstić information content (AvgIpc) is 2.71. The number of benzene rings is 2. The van der Waals surface area contributed by atoms with Crippen LogP contribution in [0.1, 0.15) is 31.1 Å². The zero-order valence-corrected chi connectivity index (χ0v) is 16.0. The summed E-state index contributed by atoms with van der Waals surface area (Å²) < 4.78 is 9.30. The molecule has 10 heteroatoms. The molecule has 0 saturated heterocycles. The number of hydrogen-bond acceptors (Lipinski definition) is 8. The Bertz CT molecular complexity index is 959. The Labute approximate surface area is 164 Å². The van der Waals surface area contributed by atoms with Gasteiger partial charge in [-0.2, -0.15) is 0 Å². The number of nitro groups is 1. The SMILES string of the molecule is COC(=O)c1ccc(C(=O)OC)c(NC(=O)c2cc(SC)ccc2[N+](=O)[O-])c1. The van der Waals surface area contributed by atoms with Crippen molar-refractivity contribution in [3.63, 3.8) is 0 Å². The first kappa shape index (κ1) is 20.9. The van der Waals surface area contributed by atoms with Gasteiger partial charge in [0.25, 0.3) is 11.6 Å². The summed E-state index contributed by atoms with van der Waals surface area (Å²) in [6, 6.07) is 8.00. The monoisotopic (exact) mass is 404 g/mol. The van der Waals surface area contributed by atoms with Crippen molar-refractivity contribution in [1.29, 1.82) is 0 Å². The van der Waals surface area contributed by atoms with E-state index < -0.39 is 22.8 Å². The molecule has 0 aliphatic rings. The molecule has 2 aromatic carbocycles. The van der Waals surface area contributed by atoms with Crippen LogP contribution in [0.5, 0.6) is 0 Å². The molecule has 0 aliphatic heterocycles. The summed E-state index contributed by atoms with van der Waals surface area (Å²) >= 11 is 1.31. The van der Waals surface area contributed by atoms with Crippen molar-refractivity contribution in [3.8, 4) is 0 Å². The highest BCUT2D eigenvalue weighted by atomic mass is 32.2. The zero-order valence-electron chi connectivity index (χ0n) is 15.2. The van der Waals surface area contributed by atoms with Crippen molar-refractivity contribution in [3.05, 3.63) is 63.2 Å². The van der Waals surface area contributed by atoms with Gasteiger partial charge >= 0.3 is 11.9 Å². The van der Waals surface area contributed by atoms with E-state index in [0.29, 0.717) is 4.90 Å². The molecule has 2 aromatic rings. The molecule has 1 N–H and O–H groups in total. The summed E-state index contributed by atoms with van der Waals surface area (Å²) in [5.41, 5.74) is -0.552. The minimum absolute atomic E-state index is 0.0211. The van der Waals surface area contributed by atoms with Gasteiger partial charge in [-0.25, -0.2) is 9.59 Å². The Morgan fingerprint density at radius 3 is 2.25 bits per heavy atom. The number of methoxy groups -OCH3 is 2. The first-order valence-corrected chi connectivity index (χ1v) is 8.99. The molecule has 0 spiro atoms. The van der Waals surface area contributed by atoms with Gasteiger partial charge in [-0.15, -0.1) is 11.8 Å². The fraction of sp³-hybridized carbons (Fsp3) is 0.167. The maximum Gasteiger partial charge on any atom is 0.339 e. The Morgan fingerprint density at radius 1 is 1.00 bits per heavy atom. The van der Waals surface area contributed by atoms with E-state index in [9.17, 15) is 24.5 Å². The van der Waals surface area contributed by atoms with Crippen molar-refractivity contribution in [2.24, 2.45) is 0 Å². The zero-order chi connectivity index (χ0) is 20.8. The third kappa shape index (κ3) is 4.46. The van der Waals surface area contributed by atoms with Crippen molar-refractivity contribution < 1.29 is 28.8 Å². The normalized spacial score (nSPS) is 10.1. The lowest BCUT2D eigenvalue weighted by Crippen LogP contribution is -2.17. The number of rotatable bonds is 6. The van der Waals surface area contributed by atoms with E-state index >= 15 is 0 Å². The maximum atomic E-state index is 12.7. The van der Waals surface area contributed by atoms with E-state index in [-0.39, 0.29) is 28.1 Å². The second-order valence-electron chi connectivity index (χ2n) is 5.34. The molecular weight excluding hydrogens is 388 g/mol. The largest absolute Gasteiger partial charge is 0.465 e. The number of nitrogens with zero attached hydrogens (tertiary/aromatic N) is 1. The lowest BCUT2D eigenvalue weighted by atomic mass is 10.1. The Kier molecular flexibility index (Phi) is 6.72. The minimum atomic E-state index is -0.810. The maximum absolute atomic E-state index is 12.7. The molecular formula is C18H16N2O7S. The summed E-state index contributed by atoms with van der Waals surface area (Å²) in [5.74, 6) is -2.24. The first-order chi connectivity index (χ1) is 13.3. The van der Waals surface area contributed by atoms with Gasteiger partial charge in [0.05, 0.1) is 36.0 Å². The van der Waals surface area contributed by atoms with Gasteiger partial charge in [0.15, 0.2) is 0 Å². The highest BCUT2D eigenvalue weighted by Crippen LogP contribution is 2.27. The standard InChI is InChI=1S/C18H16N2O7S/c1-26-17(22)10-4-6-12(18(23)27-2)14(8-10)19-16(21)13-9-11(28-3)5-7-15(13)20(24)25/h4-9H,1-3H3,(H,19,21). The van der Waals surface area contributed by atoms with E-state index in [1.807, 2.05) is 0 Å². The fourth-order valence-corrected chi connectivity index (χ4v) is 2.79. The Balaban J connectivity index is 2.51. The molecule has 146 valence electrons. The highest BCUT2D eigenvalue weighted by molar-refractivity contribution is 7.98. The molecule has 0 atom stereocenters. The van der Waals surface area contributed by atoms with Crippen LogP contribution in [0.15, 0.2) is 41.3 Å². The molecule has 0 saturated carbocycles. The number of ether oxygens (including phenoxy) is 2. The van der Waals surface area contributed by atoms with Gasteiger partial charge < -0.3 is 14.8 Å². The number of nitrogens with one attached hydrogen (secondary N) is 1. The van der Waals surface area contributed by atoms with E-state index in [1.165, 1.54) is 55.3 Å².